The molecule has 272 valence electrons. The molecule has 0 spiro atoms. The van der Waals surface area contributed by atoms with Gasteiger partial charge >= 0.3 is 12.2 Å². The highest BCUT2D eigenvalue weighted by Crippen LogP contribution is 2.41. The van der Waals surface area contributed by atoms with Crippen LogP contribution in [0.25, 0.3) is 44.1 Å². The molecule has 2 amide bonds. The Morgan fingerprint density at radius 2 is 1.42 bits per heavy atom. The zero-order valence-electron chi connectivity index (χ0n) is 30.0. The first-order valence-electron chi connectivity index (χ1n) is 17.4. The second kappa shape index (κ2) is 12.7. The molecule has 52 heavy (non-hydrogen) atoms. The van der Waals surface area contributed by atoms with Gasteiger partial charge in [-0.15, -0.1) is 0 Å². The Labute approximate surface area is 299 Å². The lowest BCUT2D eigenvalue weighted by Gasteiger charge is -2.27. The first-order valence-corrected chi connectivity index (χ1v) is 17.4. The predicted molar refractivity (Wildman–Crippen MR) is 193 cm³/mol. The first-order chi connectivity index (χ1) is 24.4. The number of aromatic nitrogens is 4. The Kier molecular flexibility index (Phi) is 8.58. The van der Waals surface area contributed by atoms with Crippen LogP contribution < -0.4 is 5.56 Å². The highest BCUT2D eigenvalue weighted by Gasteiger charge is 2.50. The third-order valence-corrected chi connectivity index (χ3v) is 9.21. The molecule has 11 nitrogen and oxygen atoms in total. The van der Waals surface area contributed by atoms with Gasteiger partial charge in [-0.2, -0.15) is 0 Å². The van der Waals surface area contributed by atoms with Crippen molar-refractivity contribution in [3.8, 4) is 22.4 Å². The molecular formula is C39H42F2N6O5. The van der Waals surface area contributed by atoms with Gasteiger partial charge in [0, 0.05) is 18.5 Å². The highest BCUT2D eigenvalue weighted by atomic mass is 19.3. The van der Waals surface area contributed by atoms with Gasteiger partial charge in [-0.25, -0.2) is 28.3 Å². The zero-order valence-corrected chi connectivity index (χ0v) is 30.0. The maximum Gasteiger partial charge on any atom is 0.411 e. The molecule has 2 aliphatic rings. The zero-order chi connectivity index (χ0) is 37.2. The van der Waals surface area contributed by atoms with E-state index in [-0.39, 0.29) is 18.0 Å². The number of fused-ring (bicyclic) bond motifs is 2. The number of nitrogens with zero attached hydrogens (tertiary/aromatic N) is 4. The number of alkyl halides is 2. The van der Waals surface area contributed by atoms with Crippen LogP contribution in [0.4, 0.5) is 18.4 Å². The minimum absolute atomic E-state index is 0.0174. The van der Waals surface area contributed by atoms with Gasteiger partial charge in [-0.1, -0.05) is 30.3 Å². The summed E-state index contributed by atoms with van der Waals surface area (Å²) in [5, 5.41) is 2.28. The maximum atomic E-state index is 14.6. The van der Waals surface area contributed by atoms with Crippen molar-refractivity contribution < 1.29 is 27.8 Å². The summed E-state index contributed by atoms with van der Waals surface area (Å²) < 4.78 is 40.3. The summed E-state index contributed by atoms with van der Waals surface area (Å²) in [6.07, 6.45) is 1.54. The van der Waals surface area contributed by atoms with E-state index in [4.69, 9.17) is 9.47 Å². The number of likely N-dealkylation sites (tertiary alicyclic amines) is 2. The maximum absolute atomic E-state index is 14.6. The van der Waals surface area contributed by atoms with E-state index in [1.165, 1.54) is 0 Å². The minimum atomic E-state index is -3.17. The lowest BCUT2D eigenvalue weighted by atomic mass is 9.98. The smallest absolute Gasteiger partial charge is 0.411 e. The lowest BCUT2D eigenvalue weighted by molar-refractivity contribution is -0.00248. The summed E-state index contributed by atoms with van der Waals surface area (Å²) in [4.78, 5) is 56.8. The van der Waals surface area contributed by atoms with Crippen LogP contribution in [0.15, 0.2) is 65.6 Å². The Morgan fingerprint density at radius 3 is 2.12 bits per heavy atom. The second-order valence-corrected chi connectivity index (χ2v) is 15.7. The molecule has 0 radical (unpaired) electrons. The number of halogens is 2. The van der Waals surface area contributed by atoms with Crippen LogP contribution in [0.5, 0.6) is 0 Å². The summed E-state index contributed by atoms with van der Waals surface area (Å²) in [7, 11) is 0. The average molecular weight is 713 g/mol. The fourth-order valence-electron chi connectivity index (χ4n) is 6.90. The average Bonchev–Trinajstić information content (AvgIpc) is 3.81. The minimum Gasteiger partial charge on any atom is -0.444 e. The number of nitrogens with one attached hydrogen (secondary N) is 2. The van der Waals surface area contributed by atoms with E-state index < -0.39 is 47.8 Å². The summed E-state index contributed by atoms with van der Waals surface area (Å²) in [6, 6.07) is 16.0. The summed E-state index contributed by atoms with van der Waals surface area (Å²) in [5.74, 6) is -2.46. The number of hydrogen-bond donors (Lipinski definition) is 2. The van der Waals surface area contributed by atoms with Crippen molar-refractivity contribution in [1.82, 2.24) is 29.7 Å². The number of benzene rings is 3. The van der Waals surface area contributed by atoms with Crippen LogP contribution in [0.3, 0.4) is 0 Å². The van der Waals surface area contributed by atoms with E-state index >= 15 is 0 Å². The van der Waals surface area contributed by atoms with Gasteiger partial charge in [0.1, 0.15) is 22.9 Å². The molecule has 2 fully saturated rings. The van der Waals surface area contributed by atoms with Crippen LogP contribution in [-0.4, -0.2) is 72.1 Å². The van der Waals surface area contributed by atoms with Gasteiger partial charge in [-0.05, 0) is 101 Å². The summed E-state index contributed by atoms with van der Waals surface area (Å²) >= 11 is 0. The number of imidazole rings is 1. The number of carbonyl (C=O) groups is 2. The number of hydrogen-bond acceptors (Lipinski definition) is 7. The Bertz CT molecular complexity index is 2250. The largest absolute Gasteiger partial charge is 0.444 e. The Hall–Kier alpha value is -5.33. The normalized spacial score (nSPS) is 19.1. The molecular weight excluding hydrogens is 670 g/mol. The van der Waals surface area contributed by atoms with Crippen molar-refractivity contribution in [3.63, 3.8) is 0 Å². The fraction of sp³-hybridized carbons (Fsp3) is 0.410. The summed E-state index contributed by atoms with van der Waals surface area (Å²) in [6.45, 7) is 10.3. The van der Waals surface area contributed by atoms with Crippen molar-refractivity contribution in [1.29, 1.82) is 0 Å². The Morgan fingerprint density at radius 1 is 0.808 bits per heavy atom. The van der Waals surface area contributed by atoms with Gasteiger partial charge in [0.15, 0.2) is 0 Å². The van der Waals surface area contributed by atoms with Crippen LogP contribution in [-0.2, 0) is 9.47 Å². The van der Waals surface area contributed by atoms with E-state index in [1.807, 2.05) is 57.2 Å². The standard InChI is InChI=1S/C39H42F2N6O5/c1-37(2,3)51-35(49)46-15-7-8-30(46)32-42-20-29(44-32)26-12-11-22-16-23(9-10-24(22)17-26)25-13-14-27-28(18-25)43-33(45-34(27)48)31-19-39(40,41)21-47(31)36(50)52-38(4,5)6/h9-14,16-18,20,30-31H,7-8,15,19,21H2,1-6H3,(H,42,44)(H,43,45,48)/t30-,31-/m0/s1. The van der Waals surface area contributed by atoms with Gasteiger partial charge in [0.25, 0.3) is 11.5 Å². The number of H-pyrrole nitrogens is 2. The molecule has 3 aromatic carbocycles. The molecule has 4 heterocycles. The summed E-state index contributed by atoms with van der Waals surface area (Å²) in [5.41, 5.74) is 1.82. The third-order valence-electron chi connectivity index (χ3n) is 9.21. The van der Waals surface area contributed by atoms with Crippen LogP contribution >= 0.6 is 0 Å². The van der Waals surface area contributed by atoms with Crippen molar-refractivity contribution in [2.24, 2.45) is 0 Å². The van der Waals surface area contributed by atoms with E-state index in [9.17, 15) is 23.2 Å². The van der Waals surface area contributed by atoms with Crippen LogP contribution in [0, 0.1) is 0 Å². The van der Waals surface area contributed by atoms with Crippen LogP contribution in [0.2, 0.25) is 0 Å². The van der Waals surface area contributed by atoms with E-state index in [1.54, 1.807) is 44.0 Å². The van der Waals surface area contributed by atoms with Gasteiger partial charge in [-0.3, -0.25) is 14.6 Å². The third kappa shape index (κ3) is 7.21. The van der Waals surface area contributed by atoms with Gasteiger partial charge < -0.3 is 19.4 Å². The number of ether oxygens (including phenoxy) is 2. The fourth-order valence-corrected chi connectivity index (χ4v) is 6.90. The number of amides is 2. The van der Waals surface area contributed by atoms with Crippen molar-refractivity contribution in [2.45, 2.75) is 90.0 Å². The number of aromatic amines is 2. The lowest BCUT2D eigenvalue weighted by Crippen LogP contribution is -2.38. The molecule has 2 aromatic heterocycles. The first kappa shape index (κ1) is 35.1. The van der Waals surface area contributed by atoms with Gasteiger partial charge in [0.2, 0.25) is 0 Å². The van der Waals surface area contributed by atoms with E-state index in [2.05, 4.69) is 26.0 Å². The molecule has 0 unspecified atom stereocenters. The van der Waals surface area contributed by atoms with E-state index in [0.717, 1.165) is 56.7 Å². The monoisotopic (exact) mass is 712 g/mol. The molecule has 5 aromatic rings. The quantitative estimate of drug-likeness (QED) is 0.191. The van der Waals surface area contributed by atoms with Crippen molar-refractivity contribution in [2.75, 3.05) is 13.1 Å². The molecule has 0 bridgehead atoms. The molecule has 2 N–H and O–H groups in total. The molecule has 0 saturated carbocycles. The molecule has 2 saturated heterocycles. The Balaban J connectivity index is 1.14. The number of carbonyl (C=O) groups excluding carboxylic acids is 2. The van der Waals surface area contributed by atoms with Crippen molar-refractivity contribution >= 4 is 33.9 Å². The topological polar surface area (TPSA) is 134 Å². The predicted octanol–water partition coefficient (Wildman–Crippen LogP) is 8.52. The molecule has 2 aliphatic heterocycles. The van der Waals surface area contributed by atoms with Gasteiger partial charge in [0.05, 0.1) is 41.4 Å². The SMILES string of the molecule is CC(C)(C)OC(=O)N1CCC[C@H]1c1ncc(-c2ccc3cc(-c4ccc5c(=O)[nH]c([C@@H]6CC(F)(F)CN6C(=O)OC(C)(C)C)nc5c4)ccc3c2)[nH]1. The van der Waals surface area contributed by atoms with Crippen molar-refractivity contribution in [3.05, 3.63) is 82.8 Å². The second-order valence-electron chi connectivity index (χ2n) is 15.7. The molecule has 2 atom stereocenters. The molecule has 0 aliphatic carbocycles. The van der Waals surface area contributed by atoms with E-state index in [0.29, 0.717) is 17.4 Å². The molecule has 13 heteroatoms. The molecule has 7 rings (SSSR count). The number of rotatable bonds is 4. The van der Waals surface area contributed by atoms with Crippen LogP contribution in [0.1, 0.15) is 84.5 Å². The highest BCUT2D eigenvalue weighted by molar-refractivity contribution is 5.92.